The van der Waals surface area contributed by atoms with E-state index in [1.807, 2.05) is 48.0 Å². The van der Waals surface area contributed by atoms with Crippen molar-refractivity contribution in [2.75, 3.05) is 18.5 Å². The second-order valence-corrected chi connectivity index (χ2v) is 6.08. The number of aryl methyl sites for hydroxylation is 1. The minimum Gasteiger partial charge on any atom is -0.455 e. The molecule has 7 heteroatoms. The Morgan fingerprint density at radius 2 is 1.92 bits per heavy atom. The van der Waals surface area contributed by atoms with E-state index >= 15 is 0 Å². The van der Waals surface area contributed by atoms with Crippen LogP contribution in [-0.4, -0.2) is 30.9 Å². The molecule has 0 saturated carbocycles. The average molecular weight is 360 g/mol. The number of hydrogen-bond acceptors (Lipinski definition) is 5. The lowest BCUT2D eigenvalue weighted by molar-refractivity contribution is -0.147. The molecule has 6 nitrogen and oxygen atoms in total. The lowest BCUT2D eigenvalue weighted by Gasteiger charge is -2.10. The van der Waals surface area contributed by atoms with Gasteiger partial charge in [0, 0.05) is 5.69 Å². The van der Waals surface area contributed by atoms with Gasteiger partial charge >= 0.3 is 5.97 Å². The summed E-state index contributed by atoms with van der Waals surface area (Å²) in [6, 6.07) is 9.30. The molecule has 1 aromatic carbocycles. The molecule has 2 amide bonds. The summed E-state index contributed by atoms with van der Waals surface area (Å²) in [7, 11) is 0. The van der Waals surface area contributed by atoms with Crippen LogP contribution in [0.4, 0.5) is 5.69 Å². The maximum Gasteiger partial charge on any atom is 0.310 e. The molecule has 2 aromatic rings. The molecule has 2 rings (SSSR count). The molecule has 25 heavy (non-hydrogen) atoms. The number of hydrogen-bond donors (Lipinski definition) is 2. The Kier molecular flexibility index (Phi) is 7.16. The quantitative estimate of drug-likeness (QED) is 0.707. The van der Waals surface area contributed by atoms with Crippen molar-refractivity contribution in [3.05, 3.63) is 52.2 Å². The third-order valence-corrected chi connectivity index (χ3v) is 4.14. The molecule has 0 radical (unpaired) electrons. The Labute approximate surface area is 150 Å². The Morgan fingerprint density at radius 1 is 1.12 bits per heavy atom. The van der Waals surface area contributed by atoms with E-state index in [-0.39, 0.29) is 18.9 Å². The molecule has 0 aliphatic rings. The normalized spacial score (nSPS) is 10.1. The lowest BCUT2D eigenvalue weighted by atomic mass is 10.1. The van der Waals surface area contributed by atoms with Crippen LogP contribution >= 0.6 is 11.3 Å². The van der Waals surface area contributed by atoms with Gasteiger partial charge in [0.15, 0.2) is 6.61 Å². The number of amides is 2. The monoisotopic (exact) mass is 360 g/mol. The Hall–Kier alpha value is -2.67. The fourth-order valence-corrected chi connectivity index (χ4v) is 2.80. The summed E-state index contributed by atoms with van der Waals surface area (Å²) in [5.74, 6) is -1.33. The van der Waals surface area contributed by atoms with Gasteiger partial charge in [-0.1, -0.05) is 25.1 Å². The van der Waals surface area contributed by atoms with Gasteiger partial charge in [-0.15, -0.1) is 0 Å². The molecule has 0 aliphatic heterocycles. The fraction of sp³-hybridized carbons (Fsp3) is 0.278. The van der Waals surface area contributed by atoms with Gasteiger partial charge in [0.2, 0.25) is 5.91 Å². The number of thiophene rings is 1. The zero-order valence-corrected chi connectivity index (χ0v) is 14.7. The molecular weight excluding hydrogens is 340 g/mol. The maximum atomic E-state index is 11.9. The van der Waals surface area contributed by atoms with Gasteiger partial charge in [0.05, 0.1) is 13.0 Å². The highest BCUT2D eigenvalue weighted by Crippen LogP contribution is 2.14. The predicted molar refractivity (Wildman–Crippen MR) is 96.4 cm³/mol. The largest absolute Gasteiger partial charge is 0.455 e. The van der Waals surface area contributed by atoms with Gasteiger partial charge < -0.3 is 15.4 Å². The van der Waals surface area contributed by atoms with Crippen LogP contribution in [0.25, 0.3) is 0 Å². The first-order valence-electron chi connectivity index (χ1n) is 7.89. The summed E-state index contributed by atoms with van der Waals surface area (Å²) >= 11 is 1.49. The summed E-state index contributed by atoms with van der Waals surface area (Å²) in [6.07, 6.45) is 0.925. The Bertz CT molecular complexity index is 728. The highest BCUT2D eigenvalue weighted by molar-refractivity contribution is 7.07. The molecule has 1 heterocycles. The molecule has 0 unspecified atom stereocenters. The standard InChI is InChI=1S/C18H20N2O4S/c1-2-14-5-3-4-6-15(14)20-16(21)10-19-17(22)11-24-18(23)9-13-7-8-25-12-13/h3-8,12H,2,9-11H2,1H3,(H,19,22)(H,20,21). The number of esters is 1. The summed E-state index contributed by atoms with van der Waals surface area (Å²) in [4.78, 5) is 35.2. The number of carbonyl (C=O) groups excluding carboxylic acids is 3. The molecule has 0 aliphatic carbocycles. The van der Waals surface area contributed by atoms with Crippen LogP contribution in [0.2, 0.25) is 0 Å². The van der Waals surface area contributed by atoms with E-state index in [1.54, 1.807) is 0 Å². The summed E-state index contributed by atoms with van der Waals surface area (Å²) < 4.78 is 4.89. The zero-order chi connectivity index (χ0) is 18.1. The van der Waals surface area contributed by atoms with Crippen LogP contribution in [0.1, 0.15) is 18.1 Å². The van der Waals surface area contributed by atoms with Crippen LogP contribution < -0.4 is 10.6 Å². The minimum absolute atomic E-state index is 0.130. The van der Waals surface area contributed by atoms with E-state index in [0.29, 0.717) is 0 Å². The number of para-hydroxylation sites is 1. The van der Waals surface area contributed by atoms with Crippen molar-refractivity contribution in [2.24, 2.45) is 0 Å². The molecular formula is C18H20N2O4S. The highest BCUT2D eigenvalue weighted by atomic mass is 32.1. The smallest absolute Gasteiger partial charge is 0.310 e. The second-order valence-electron chi connectivity index (χ2n) is 5.30. The molecule has 0 spiro atoms. The molecule has 0 saturated heterocycles. The number of anilines is 1. The maximum absolute atomic E-state index is 11.9. The number of rotatable bonds is 8. The van der Waals surface area contributed by atoms with Crippen LogP contribution in [-0.2, 0) is 32.0 Å². The highest BCUT2D eigenvalue weighted by Gasteiger charge is 2.11. The molecule has 1 aromatic heterocycles. The third-order valence-electron chi connectivity index (χ3n) is 3.41. The van der Waals surface area contributed by atoms with E-state index in [0.717, 1.165) is 23.2 Å². The molecule has 0 atom stereocenters. The van der Waals surface area contributed by atoms with Crippen molar-refractivity contribution in [1.29, 1.82) is 0 Å². The Balaban J connectivity index is 1.68. The molecule has 0 bridgehead atoms. The fourth-order valence-electron chi connectivity index (χ4n) is 2.13. The van der Waals surface area contributed by atoms with Gasteiger partial charge in [0.1, 0.15) is 0 Å². The van der Waals surface area contributed by atoms with Gasteiger partial charge in [-0.2, -0.15) is 11.3 Å². The van der Waals surface area contributed by atoms with Crippen molar-refractivity contribution < 1.29 is 19.1 Å². The van der Waals surface area contributed by atoms with Crippen LogP contribution in [0, 0.1) is 0 Å². The van der Waals surface area contributed by atoms with Crippen LogP contribution in [0.15, 0.2) is 41.1 Å². The van der Waals surface area contributed by atoms with Crippen molar-refractivity contribution in [1.82, 2.24) is 5.32 Å². The summed E-state index contributed by atoms with van der Waals surface area (Å²) in [6.45, 7) is 1.41. The first-order valence-corrected chi connectivity index (χ1v) is 8.84. The number of benzene rings is 1. The van der Waals surface area contributed by atoms with Gasteiger partial charge in [-0.3, -0.25) is 14.4 Å². The Morgan fingerprint density at radius 3 is 2.64 bits per heavy atom. The van der Waals surface area contributed by atoms with Crippen molar-refractivity contribution in [3.63, 3.8) is 0 Å². The molecule has 0 fully saturated rings. The summed E-state index contributed by atoms with van der Waals surface area (Å²) in [5.41, 5.74) is 2.60. The van der Waals surface area contributed by atoms with Crippen LogP contribution in [0.3, 0.4) is 0 Å². The van der Waals surface area contributed by atoms with Gasteiger partial charge in [-0.05, 0) is 40.4 Å². The first-order chi connectivity index (χ1) is 12.1. The van der Waals surface area contributed by atoms with E-state index in [9.17, 15) is 14.4 Å². The summed E-state index contributed by atoms with van der Waals surface area (Å²) in [5, 5.41) is 8.89. The van der Waals surface area contributed by atoms with Crippen LogP contribution in [0.5, 0.6) is 0 Å². The van der Waals surface area contributed by atoms with Crippen molar-refractivity contribution in [3.8, 4) is 0 Å². The molecule has 132 valence electrons. The number of nitrogens with one attached hydrogen (secondary N) is 2. The first kappa shape index (κ1) is 18.7. The SMILES string of the molecule is CCc1ccccc1NC(=O)CNC(=O)COC(=O)Cc1ccsc1. The average Bonchev–Trinajstić information content (AvgIpc) is 3.11. The zero-order valence-electron chi connectivity index (χ0n) is 13.9. The van der Waals surface area contributed by atoms with Crippen molar-refractivity contribution >= 4 is 34.8 Å². The van der Waals surface area contributed by atoms with E-state index in [2.05, 4.69) is 10.6 Å². The number of ether oxygens (including phenoxy) is 1. The van der Waals surface area contributed by atoms with Gasteiger partial charge in [-0.25, -0.2) is 0 Å². The lowest BCUT2D eigenvalue weighted by Crippen LogP contribution is -2.35. The molecule has 2 N–H and O–H groups in total. The topological polar surface area (TPSA) is 84.5 Å². The van der Waals surface area contributed by atoms with Crippen molar-refractivity contribution in [2.45, 2.75) is 19.8 Å². The van der Waals surface area contributed by atoms with E-state index < -0.39 is 18.5 Å². The minimum atomic E-state index is -0.516. The second kappa shape index (κ2) is 9.58. The third kappa shape index (κ3) is 6.39. The number of carbonyl (C=O) groups is 3. The van der Waals surface area contributed by atoms with Gasteiger partial charge in [0.25, 0.3) is 5.91 Å². The van der Waals surface area contributed by atoms with E-state index in [1.165, 1.54) is 11.3 Å². The predicted octanol–water partition coefficient (Wildman–Crippen LogP) is 2.15. The van der Waals surface area contributed by atoms with E-state index in [4.69, 9.17) is 4.74 Å².